The molecule has 0 saturated heterocycles. The standard InChI is InChI=1S/C14H22BrN3O/c1-14(2,3)18-6-5-16-12(13(18)19)17(4)9-10-7-11(15)8-10/h5-6,10-11H,7-9H2,1-4H3. The van der Waals surface area contributed by atoms with Crippen molar-refractivity contribution in [2.24, 2.45) is 5.92 Å². The van der Waals surface area contributed by atoms with E-state index in [2.05, 4.69) is 20.9 Å². The molecule has 0 amide bonds. The van der Waals surface area contributed by atoms with E-state index in [0.717, 1.165) is 6.54 Å². The normalized spacial score (nSPS) is 23.0. The molecule has 19 heavy (non-hydrogen) atoms. The van der Waals surface area contributed by atoms with Crippen molar-refractivity contribution >= 4 is 21.7 Å². The number of rotatable bonds is 3. The topological polar surface area (TPSA) is 38.1 Å². The molecule has 0 radical (unpaired) electrons. The van der Waals surface area contributed by atoms with Gasteiger partial charge in [-0.1, -0.05) is 15.9 Å². The van der Waals surface area contributed by atoms with Crippen LogP contribution in [-0.4, -0.2) is 28.0 Å². The van der Waals surface area contributed by atoms with E-state index in [1.54, 1.807) is 17.0 Å². The van der Waals surface area contributed by atoms with E-state index in [-0.39, 0.29) is 11.1 Å². The monoisotopic (exact) mass is 327 g/mol. The average Bonchev–Trinajstić information content (AvgIpc) is 2.25. The summed E-state index contributed by atoms with van der Waals surface area (Å²) in [5.41, 5.74) is -0.222. The zero-order valence-corrected chi connectivity index (χ0v) is 13.6. The zero-order valence-electron chi connectivity index (χ0n) is 12.1. The summed E-state index contributed by atoms with van der Waals surface area (Å²) < 4.78 is 1.75. The Morgan fingerprint density at radius 3 is 2.63 bits per heavy atom. The molecule has 1 aromatic heterocycles. The first-order valence-electron chi connectivity index (χ1n) is 6.72. The summed E-state index contributed by atoms with van der Waals surface area (Å²) in [6, 6.07) is 0. The van der Waals surface area contributed by atoms with Gasteiger partial charge >= 0.3 is 0 Å². The van der Waals surface area contributed by atoms with E-state index in [1.807, 2.05) is 32.7 Å². The van der Waals surface area contributed by atoms with Crippen molar-refractivity contribution in [1.29, 1.82) is 0 Å². The maximum atomic E-state index is 12.5. The van der Waals surface area contributed by atoms with Crippen molar-refractivity contribution in [2.45, 2.75) is 44.0 Å². The van der Waals surface area contributed by atoms with Gasteiger partial charge in [0.15, 0.2) is 5.82 Å². The molecule has 0 N–H and O–H groups in total. The first-order chi connectivity index (χ1) is 8.79. The van der Waals surface area contributed by atoms with Crippen LogP contribution < -0.4 is 10.5 Å². The minimum Gasteiger partial charge on any atom is -0.355 e. The van der Waals surface area contributed by atoms with E-state index in [4.69, 9.17) is 0 Å². The lowest BCUT2D eigenvalue weighted by molar-refractivity contribution is 0.337. The van der Waals surface area contributed by atoms with Gasteiger partial charge in [0.05, 0.1) is 0 Å². The lowest BCUT2D eigenvalue weighted by Gasteiger charge is -2.34. The van der Waals surface area contributed by atoms with Crippen LogP contribution in [0.15, 0.2) is 17.2 Å². The van der Waals surface area contributed by atoms with Gasteiger partial charge in [0, 0.05) is 36.4 Å². The van der Waals surface area contributed by atoms with Crippen LogP contribution in [0.25, 0.3) is 0 Å². The number of anilines is 1. The maximum Gasteiger partial charge on any atom is 0.293 e. The fraction of sp³-hybridized carbons (Fsp3) is 0.714. The van der Waals surface area contributed by atoms with E-state index < -0.39 is 0 Å². The van der Waals surface area contributed by atoms with E-state index in [9.17, 15) is 4.79 Å². The number of hydrogen-bond donors (Lipinski definition) is 0. The molecule has 0 unspecified atom stereocenters. The highest BCUT2D eigenvalue weighted by Gasteiger charge is 2.28. The fourth-order valence-electron chi connectivity index (χ4n) is 2.47. The maximum absolute atomic E-state index is 12.5. The van der Waals surface area contributed by atoms with Crippen LogP contribution in [0.4, 0.5) is 5.82 Å². The van der Waals surface area contributed by atoms with Gasteiger partial charge in [0.2, 0.25) is 0 Å². The summed E-state index contributed by atoms with van der Waals surface area (Å²) in [6.07, 6.45) is 5.85. The van der Waals surface area contributed by atoms with Crippen LogP contribution in [0, 0.1) is 5.92 Å². The average molecular weight is 328 g/mol. The second kappa shape index (κ2) is 5.27. The molecule has 1 aromatic rings. The Kier molecular flexibility index (Phi) is 4.04. The van der Waals surface area contributed by atoms with Crippen LogP contribution in [0.1, 0.15) is 33.6 Å². The number of nitrogens with zero attached hydrogens (tertiary/aromatic N) is 3. The quantitative estimate of drug-likeness (QED) is 0.801. The van der Waals surface area contributed by atoms with Gasteiger partial charge in [0.1, 0.15) is 0 Å². The predicted octanol–water partition coefficient (Wildman–Crippen LogP) is 2.61. The van der Waals surface area contributed by atoms with Gasteiger partial charge in [-0.15, -0.1) is 0 Å². The Labute approximate surface area is 123 Å². The highest BCUT2D eigenvalue weighted by molar-refractivity contribution is 9.09. The largest absolute Gasteiger partial charge is 0.355 e. The Hall–Kier alpha value is -0.840. The molecule has 1 fully saturated rings. The van der Waals surface area contributed by atoms with Crippen LogP contribution in [-0.2, 0) is 5.54 Å². The minimum atomic E-state index is -0.215. The first-order valence-corrected chi connectivity index (χ1v) is 7.64. The summed E-state index contributed by atoms with van der Waals surface area (Å²) in [5, 5.41) is 0. The van der Waals surface area contributed by atoms with Gasteiger partial charge in [-0.3, -0.25) is 4.79 Å². The molecule has 0 bridgehead atoms. The van der Waals surface area contributed by atoms with Crippen molar-refractivity contribution in [3.8, 4) is 0 Å². The first kappa shape index (κ1) is 14.6. The van der Waals surface area contributed by atoms with Crippen molar-refractivity contribution in [3.05, 3.63) is 22.7 Å². The molecule has 5 heteroatoms. The molecular weight excluding hydrogens is 306 g/mol. The molecule has 1 aliphatic rings. The lowest BCUT2D eigenvalue weighted by Crippen LogP contribution is -2.41. The highest BCUT2D eigenvalue weighted by atomic mass is 79.9. The molecule has 0 aliphatic heterocycles. The third-order valence-corrected chi connectivity index (χ3v) is 4.36. The van der Waals surface area contributed by atoms with Crippen LogP contribution in [0.5, 0.6) is 0 Å². The van der Waals surface area contributed by atoms with Crippen molar-refractivity contribution in [1.82, 2.24) is 9.55 Å². The van der Waals surface area contributed by atoms with Crippen molar-refractivity contribution < 1.29 is 0 Å². The summed E-state index contributed by atoms with van der Waals surface area (Å²) in [4.78, 5) is 19.4. The predicted molar refractivity (Wildman–Crippen MR) is 82.2 cm³/mol. The summed E-state index contributed by atoms with van der Waals surface area (Å²) in [7, 11) is 1.96. The van der Waals surface area contributed by atoms with Gasteiger partial charge in [-0.2, -0.15) is 0 Å². The molecule has 0 aromatic carbocycles. The van der Waals surface area contributed by atoms with E-state index in [0.29, 0.717) is 16.6 Å². The fourth-order valence-corrected chi connectivity index (χ4v) is 3.53. The molecule has 1 heterocycles. The van der Waals surface area contributed by atoms with Gasteiger partial charge < -0.3 is 9.47 Å². The minimum absolute atomic E-state index is 0.00721. The third-order valence-electron chi connectivity index (χ3n) is 3.62. The van der Waals surface area contributed by atoms with Crippen LogP contribution >= 0.6 is 15.9 Å². The summed E-state index contributed by atoms with van der Waals surface area (Å²) >= 11 is 3.60. The molecular formula is C14H22BrN3O. The van der Waals surface area contributed by atoms with Crippen molar-refractivity contribution in [3.63, 3.8) is 0 Å². The summed E-state index contributed by atoms with van der Waals surface area (Å²) in [6.45, 7) is 6.98. The molecule has 4 nitrogen and oxygen atoms in total. The van der Waals surface area contributed by atoms with Gasteiger partial charge in [-0.05, 0) is 39.5 Å². The Bertz CT molecular complexity index is 500. The van der Waals surface area contributed by atoms with Crippen LogP contribution in [0.3, 0.4) is 0 Å². The SMILES string of the molecule is CN(CC1CC(Br)C1)c1nccn(C(C)(C)C)c1=O. The molecule has 0 atom stereocenters. The lowest BCUT2D eigenvalue weighted by atomic mass is 9.85. The summed E-state index contributed by atoms with van der Waals surface area (Å²) in [5.74, 6) is 1.22. The molecule has 1 saturated carbocycles. The van der Waals surface area contributed by atoms with Crippen molar-refractivity contribution in [2.75, 3.05) is 18.5 Å². The number of halogens is 1. The Morgan fingerprint density at radius 2 is 2.11 bits per heavy atom. The zero-order chi connectivity index (χ0) is 14.2. The number of aromatic nitrogens is 2. The molecule has 2 rings (SSSR count). The van der Waals surface area contributed by atoms with Gasteiger partial charge in [0.25, 0.3) is 5.56 Å². The third kappa shape index (κ3) is 3.19. The van der Waals surface area contributed by atoms with E-state index >= 15 is 0 Å². The molecule has 0 spiro atoms. The number of hydrogen-bond acceptors (Lipinski definition) is 3. The Balaban J connectivity index is 2.18. The highest BCUT2D eigenvalue weighted by Crippen LogP contribution is 2.33. The second-order valence-corrected chi connectivity index (χ2v) is 7.71. The van der Waals surface area contributed by atoms with Crippen LogP contribution in [0.2, 0.25) is 0 Å². The van der Waals surface area contributed by atoms with Gasteiger partial charge in [-0.25, -0.2) is 4.98 Å². The smallest absolute Gasteiger partial charge is 0.293 e. The molecule has 1 aliphatic carbocycles. The molecule has 106 valence electrons. The number of alkyl halides is 1. The second-order valence-electron chi connectivity index (χ2n) is 6.41. The van der Waals surface area contributed by atoms with E-state index in [1.165, 1.54) is 12.8 Å². The Morgan fingerprint density at radius 1 is 1.47 bits per heavy atom.